The van der Waals surface area contributed by atoms with E-state index < -0.39 is 0 Å². The molecule has 0 bridgehead atoms. The number of anilines is 2. The summed E-state index contributed by atoms with van der Waals surface area (Å²) in [5.41, 5.74) is 1.88. The first-order valence-electron chi connectivity index (χ1n) is 8.35. The Kier molecular flexibility index (Phi) is 5.54. The van der Waals surface area contributed by atoms with Crippen molar-refractivity contribution < 1.29 is 4.79 Å². The lowest BCUT2D eigenvalue weighted by molar-refractivity contribution is 0.102. The van der Waals surface area contributed by atoms with E-state index in [0.717, 1.165) is 18.9 Å². The summed E-state index contributed by atoms with van der Waals surface area (Å²) in [6.45, 7) is 12.3. The molecule has 1 aromatic carbocycles. The summed E-state index contributed by atoms with van der Waals surface area (Å²) in [4.78, 5) is 14.4. The fourth-order valence-electron chi connectivity index (χ4n) is 2.42. The molecule has 0 spiro atoms. The number of carbonyl (C=O) groups excluding carboxylic acids is 1. The van der Waals surface area contributed by atoms with E-state index in [1.165, 1.54) is 5.56 Å². The molecule has 1 aromatic heterocycles. The second kappa shape index (κ2) is 7.43. The minimum absolute atomic E-state index is 0.0702. The molecule has 24 heavy (non-hydrogen) atoms. The van der Waals surface area contributed by atoms with Crippen LogP contribution in [0.2, 0.25) is 0 Å². The van der Waals surface area contributed by atoms with E-state index >= 15 is 0 Å². The summed E-state index contributed by atoms with van der Waals surface area (Å²) in [5, 5.41) is 11.1. The van der Waals surface area contributed by atoms with Crippen molar-refractivity contribution in [2.75, 3.05) is 23.3 Å². The van der Waals surface area contributed by atoms with E-state index in [4.69, 9.17) is 0 Å². The maximum atomic E-state index is 12.3. The lowest BCUT2D eigenvalue weighted by Crippen LogP contribution is -2.23. The molecule has 0 fully saturated rings. The standard InChI is InChI=1S/C19H26N4O/c1-6-23(7-2)17-13-12-16(21-22-17)20-18(24)14-8-10-15(11-9-14)19(3,4)5/h8-13H,6-7H2,1-5H3,(H,20,21,24). The number of benzene rings is 1. The van der Waals surface area contributed by atoms with Crippen LogP contribution in [0.3, 0.4) is 0 Å². The Labute approximate surface area is 144 Å². The van der Waals surface area contributed by atoms with E-state index in [1.54, 1.807) is 6.07 Å². The Morgan fingerprint density at radius 2 is 1.62 bits per heavy atom. The van der Waals surface area contributed by atoms with Gasteiger partial charge in [-0.05, 0) is 49.1 Å². The second-order valence-electron chi connectivity index (χ2n) is 6.73. The summed E-state index contributed by atoms with van der Waals surface area (Å²) in [6.07, 6.45) is 0. The molecule has 128 valence electrons. The molecule has 2 aromatic rings. The van der Waals surface area contributed by atoms with E-state index in [1.807, 2.05) is 30.3 Å². The zero-order valence-corrected chi connectivity index (χ0v) is 15.1. The van der Waals surface area contributed by atoms with Gasteiger partial charge in [0.1, 0.15) is 0 Å². The minimum Gasteiger partial charge on any atom is -0.356 e. The monoisotopic (exact) mass is 326 g/mol. The number of amides is 1. The molecule has 0 atom stereocenters. The van der Waals surface area contributed by atoms with Gasteiger partial charge in [0.2, 0.25) is 0 Å². The van der Waals surface area contributed by atoms with Crippen LogP contribution in [0, 0.1) is 0 Å². The predicted octanol–water partition coefficient (Wildman–Crippen LogP) is 3.87. The summed E-state index contributed by atoms with van der Waals surface area (Å²) >= 11 is 0. The molecule has 0 aliphatic rings. The highest BCUT2D eigenvalue weighted by Gasteiger charge is 2.14. The predicted molar refractivity (Wildman–Crippen MR) is 98.7 cm³/mol. The molecule has 5 nitrogen and oxygen atoms in total. The maximum Gasteiger partial charge on any atom is 0.256 e. The summed E-state index contributed by atoms with van der Waals surface area (Å²) in [5.74, 6) is 1.09. The topological polar surface area (TPSA) is 58.1 Å². The first-order valence-corrected chi connectivity index (χ1v) is 8.35. The molecule has 1 heterocycles. The Balaban J connectivity index is 2.07. The zero-order valence-electron chi connectivity index (χ0n) is 15.1. The van der Waals surface area contributed by atoms with Crippen LogP contribution in [-0.2, 0) is 5.41 Å². The van der Waals surface area contributed by atoms with Gasteiger partial charge < -0.3 is 10.2 Å². The first kappa shape index (κ1) is 17.9. The van der Waals surface area contributed by atoms with Crippen LogP contribution in [0.15, 0.2) is 36.4 Å². The average Bonchev–Trinajstić information content (AvgIpc) is 2.57. The Hall–Kier alpha value is -2.43. The number of nitrogens with one attached hydrogen (secondary N) is 1. The molecule has 1 N–H and O–H groups in total. The van der Waals surface area contributed by atoms with Crippen molar-refractivity contribution in [3.8, 4) is 0 Å². The lowest BCUT2D eigenvalue weighted by Gasteiger charge is -2.19. The third-order valence-electron chi connectivity index (χ3n) is 3.99. The molecule has 0 aliphatic carbocycles. The molecule has 2 rings (SSSR count). The third-order valence-corrected chi connectivity index (χ3v) is 3.99. The van der Waals surface area contributed by atoms with Gasteiger partial charge in [-0.3, -0.25) is 4.79 Å². The average molecular weight is 326 g/mol. The smallest absolute Gasteiger partial charge is 0.256 e. The van der Waals surface area contributed by atoms with Gasteiger partial charge in [0.05, 0.1) is 0 Å². The van der Waals surface area contributed by atoms with Crippen LogP contribution in [0.25, 0.3) is 0 Å². The minimum atomic E-state index is -0.180. The van der Waals surface area contributed by atoms with Gasteiger partial charge in [-0.25, -0.2) is 0 Å². The van der Waals surface area contributed by atoms with Gasteiger partial charge in [0, 0.05) is 18.7 Å². The van der Waals surface area contributed by atoms with Gasteiger partial charge >= 0.3 is 0 Å². The molecule has 0 saturated carbocycles. The first-order chi connectivity index (χ1) is 11.3. The van der Waals surface area contributed by atoms with Gasteiger partial charge in [0.25, 0.3) is 5.91 Å². The van der Waals surface area contributed by atoms with Gasteiger partial charge in [-0.15, -0.1) is 10.2 Å². The molecule has 0 aliphatic heterocycles. The third kappa shape index (κ3) is 4.31. The number of hydrogen-bond acceptors (Lipinski definition) is 4. The number of aromatic nitrogens is 2. The molecule has 0 saturated heterocycles. The van der Waals surface area contributed by atoms with Crippen LogP contribution in [0.4, 0.5) is 11.6 Å². The van der Waals surface area contributed by atoms with E-state index in [9.17, 15) is 4.79 Å². The SMILES string of the molecule is CCN(CC)c1ccc(NC(=O)c2ccc(C(C)(C)C)cc2)nn1. The van der Waals surface area contributed by atoms with Crippen molar-refractivity contribution in [2.45, 2.75) is 40.0 Å². The summed E-state index contributed by atoms with van der Waals surface area (Å²) in [6, 6.07) is 11.3. The molecular weight excluding hydrogens is 300 g/mol. The Morgan fingerprint density at radius 1 is 1.00 bits per heavy atom. The largest absolute Gasteiger partial charge is 0.356 e. The molecule has 0 radical (unpaired) electrons. The van der Waals surface area contributed by atoms with E-state index in [-0.39, 0.29) is 11.3 Å². The normalized spacial score (nSPS) is 11.2. The summed E-state index contributed by atoms with van der Waals surface area (Å²) < 4.78 is 0. The van der Waals surface area contributed by atoms with Crippen LogP contribution >= 0.6 is 0 Å². The van der Waals surface area contributed by atoms with Gasteiger partial charge in [-0.2, -0.15) is 0 Å². The molecule has 5 heteroatoms. The highest BCUT2D eigenvalue weighted by molar-refractivity contribution is 6.03. The fourth-order valence-corrected chi connectivity index (χ4v) is 2.42. The number of hydrogen-bond donors (Lipinski definition) is 1. The number of nitrogens with zero attached hydrogens (tertiary/aromatic N) is 3. The summed E-state index contributed by atoms with van der Waals surface area (Å²) in [7, 11) is 0. The van der Waals surface area contributed by atoms with Crippen molar-refractivity contribution >= 4 is 17.5 Å². The lowest BCUT2D eigenvalue weighted by atomic mass is 9.87. The number of carbonyl (C=O) groups is 1. The Morgan fingerprint density at radius 3 is 2.08 bits per heavy atom. The van der Waals surface area contributed by atoms with E-state index in [2.05, 4.69) is 55.0 Å². The van der Waals surface area contributed by atoms with Gasteiger partial charge in [0.15, 0.2) is 11.6 Å². The maximum absolute atomic E-state index is 12.3. The van der Waals surface area contributed by atoms with Crippen molar-refractivity contribution in [2.24, 2.45) is 0 Å². The van der Waals surface area contributed by atoms with Crippen LogP contribution < -0.4 is 10.2 Å². The van der Waals surface area contributed by atoms with Gasteiger partial charge in [-0.1, -0.05) is 32.9 Å². The number of rotatable bonds is 5. The highest BCUT2D eigenvalue weighted by Crippen LogP contribution is 2.22. The van der Waals surface area contributed by atoms with Crippen molar-refractivity contribution in [1.82, 2.24) is 10.2 Å². The molecular formula is C19H26N4O. The van der Waals surface area contributed by atoms with E-state index in [0.29, 0.717) is 11.4 Å². The van der Waals surface area contributed by atoms with Crippen LogP contribution in [-0.4, -0.2) is 29.2 Å². The second-order valence-corrected chi connectivity index (χ2v) is 6.73. The molecule has 0 unspecified atom stereocenters. The van der Waals surface area contributed by atoms with Crippen molar-refractivity contribution in [3.05, 3.63) is 47.5 Å². The van der Waals surface area contributed by atoms with Crippen LogP contribution in [0.5, 0.6) is 0 Å². The van der Waals surface area contributed by atoms with Crippen molar-refractivity contribution in [3.63, 3.8) is 0 Å². The Bertz CT molecular complexity index is 668. The molecule has 1 amide bonds. The van der Waals surface area contributed by atoms with Crippen LogP contribution in [0.1, 0.15) is 50.5 Å². The highest BCUT2D eigenvalue weighted by atomic mass is 16.1. The van der Waals surface area contributed by atoms with Crippen molar-refractivity contribution in [1.29, 1.82) is 0 Å². The zero-order chi connectivity index (χ0) is 17.7. The quantitative estimate of drug-likeness (QED) is 0.906. The fraction of sp³-hybridized carbons (Fsp3) is 0.421.